The minimum absolute atomic E-state index is 0.615. The Hall–Kier alpha value is -7.28. The van der Waals surface area contributed by atoms with Crippen molar-refractivity contribution >= 4 is 103 Å². The Labute approximate surface area is 324 Å². The van der Waals surface area contributed by atoms with E-state index in [1.165, 1.54) is 4.70 Å². The topological polar surface area (TPSA) is 47.1 Å². The normalized spacial score (nSPS) is 11.9. The third kappa shape index (κ3) is 4.54. The lowest BCUT2D eigenvalue weighted by Gasteiger charge is -2.26. The summed E-state index contributed by atoms with van der Waals surface area (Å²) in [6.07, 6.45) is 0. The number of furan rings is 1. The first-order chi connectivity index (χ1) is 27.8. The molecule has 0 aliphatic carbocycles. The number of rotatable bonds is 5. The highest BCUT2D eigenvalue weighted by atomic mass is 32.1. The molecule has 6 heteroatoms. The number of anilines is 3. The molecule has 0 amide bonds. The molecule has 0 fully saturated rings. The number of aromatic nitrogens is 3. The molecular formula is C50H30N4OS. The monoisotopic (exact) mass is 734 g/mol. The molecule has 0 bridgehead atoms. The van der Waals surface area contributed by atoms with E-state index in [4.69, 9.17) is 14.4 Å². The molecule has 0 aliphatic heterocycles. The number of fused-ring (bicyclic) bond motifs is 12. The van der Waals surface area contributed by atoms with Crippen LogP contribution in [0, 0.1) is 0 Å². The highest BCUT2D eigenvalue weighted by Crippen LogP contribution is 2.47. The fourth-order valence-corrected chi connectivity index (χ4v) is 9.73. The molecule has 0 aliphatic rings. The summed E-state index contributed by atoms with van der Waals surface area (Å²) >= 11 is 1.75. The Morgan fingerprint density at radius 3 is 1.88 bits per heavy atom. The average molecular weight is 735 g/mol. The van der Waals surface area contributed by atoms with Crippen LogP contribution in [-0.2, 0) is 0 Å². The lowest BCUT2D eigenvalue weighted by atomic mass is 10.00. The highest BCUT2D eigenvalue weighted by molar-refractivity contribution is 7.26. The van der Waals surface area contributed by atoms with Crippen molar-refractivity contribution in [1.29, 1.82) is 0 Å². The summed E-state index contributed by atoms with van der Waals surface area (Å²) in [4.78, 5) is 13.2. The smallest absolute Gasteiger partial charge is 0.236 e. The molecule has 0 N–H and O–H groups in total. The molecular weight excluding hydrogens is 705 g/mol. The van der Waals surface area contributed by atoms with Gasteiger partial charge in [-0.1, -0.05) is 133 Å². The average Bonchev–Trinajstić information content (AvgIpc) is 3.94. The van der Waals surface area contributed by atoms with Gasteiger partial charge in [0.25, 0.3) is 0 Å². The number of benzene rings is 8. The van der Waals surface area contributed by atoms with Gasteiger partial charge >= 0.3 is 0 Å². The van der Waals surface area contributed by atoms with Crippen LogP contribution >= 0.6 is 11.3 Å². The van der Waals surface area contributed by atoms with Crippen molar-refractivity contribution < 1.29 is 4.42 Å². The maximum atomic E-state index is 7.18. The Balaban J connectivity index is 1.20. The van der Waals surface area contributed by atoms with Crippen LogP contribution in [0.2, 0.25) is 0 Å². The number of hydrogen-bond donors (Lipinski definition) is 0. The zero-order chi connectivity index (χ0) is 36.7. The fourth-order valence-electron chi connectivity index (χ4n) is 8.57. The molecule has 0 radical (unpaired) electrons. The van der Waals surface area contributed by atoms with Crippen molar-refractivity contribution in [1.82, 2.24) is 14.5 Å². The molecule has 12 aromatic rings. The minimum Gasteiger partial charge on any atom is -0.454 e. The summed E-state index contributed by atoms with van der Waals surface area (Å²) in [6, 6.07) is 64.0. The lowest BCUT2D eigenvalue weighted by molar-refractivity contribution is 0.671. The van der Waals surface area contributed by atoms with Gasteiger partial charge in [-0.25, -0.2) is 9.97 Å². The first kappa shape index (κ1) is 31.1. The third-order valence-electron chi connectivity index (χ3n) is 11.0. The first-order valence-electron chi connectivity index (χ1n) is 18.8. The maximum absolute atomic E-state index is 7.18. The van der Waals surface area contributed by atoms with Crippen LogP contribution in [-0.4, -0.2) is 14.5 Å². The van der Waals surface area contributed by atoms with Crippen molar-refractivity contribution in [3.63, 3.8) is 0 Å². The largest absolute Gasteiger partial charge is 0.454 e. The SMILES string of the molecule is c1ccc(-c2nc(-n3c4ccccc4c4ccc5c(oc6cc(N(c7ccccc7)c7ccccc7)c7ccccc7c65)c43)nc3c2sc2ccccc23)cc1. The van der Waals surface area contributed by atoms with Gasteiger partial charge in [-0.3, -0.25) is 4.57 Å². The van der Waals surface area contributed by atoms with Crippen molar-refractivity contribution in [2.75, 3.05) is 4.90 Å². The van der Waals surface area contributed by atoms with E-state index in [-0.39, 0.29) is 0 Å². The summed E-state index contributed by atoms with van der Waals surface area (Å²) in [5, 5.41) is 7.75. The van der Waals surface area contributed by atoms with E-state index in [0.29, 0.717) is 5.95 Å². The van der Waals surface area contributed by atoms with Crippen molar-refractivity contribution in [2.45, 2.75) is 0 Å². The van der Waals surface area contributed by atoms with Crippen LogP contribution in [0.3, 0.4) is 0 Å². The first-order valence-corrected chi connectivity index (χ1v) is 19.6. The summed E-state index contributed by atoms with van der Waals surface area (Å²) in [5.74, 6) is 0.615. The van der Waals surface area contributed by atoms with Crippen LogP contribution in [0.25, 0.3) is 92.0 Å². The molecule has 4 aromatic heterocycles. The zero-order valence-electron chi connectivity index (χ0n) is 29.9. The van der Waals surface area contributed by atoms with Crippen molar-refractivity contribution in [2.24, 2.45) is 0 Å². The molecule has 0 unspecified atom stereocenters. The second kappa shape index (κ2) is 12.1. The second-order valence-corrected chi connectivity index (χ2v) is 15.2. The quantitative estimate of drug-likeness (QED) is 0.177. The minimum atomic E-state index is 0.615. The number of thiophene rings is 1. The van der Waals surface area contributed by atoms with Gasteiger partial charge in [0.15, 0.2) is 5.58 Å². The van der Waals surface area contributed by atoms with Gasteiger partial charge < -0.3 is 9.32 Å². The molecule has 0 spiro atoms. The Morgan fingerprint density at radius 1 is 0.518 bits per heavy atom. The number of para-hydroxylation sites is 3. The summed E-state index contributed by atoms with van der Waals surface area (Å²) in [6.45, 7) is 0. The number of hydrogen-bond acceptors (Lipinski definition) is 5. The van der Waals surface area contributed by atoms with Crippen LogP contribution in [0.15, 0.2) is 186 Å². The van der Waals surface area contributed by atoms with Crippen molar-refractivity contribution in [3.8, 4) is 17.2 Å². The number of nitrogens with zero attached hydrogens (tertiary/aromatic N) is 4. The van der Waals surface area contributed by atoms with Gasteiger partial charge in [-0.15, -0.1) is 11.3 Å². The highest BCUT2D eigenvalue weighted by Gasteiger charge is 2.25. The van der Waals surface area contributed by atoms with Gasteiger partial charge in [0.05, 0.1) is 27.1 Å². The van der Waals surface area contributed by atoms with E-state index >= 15 is 0 Å². The standard InChI is InChI=1S/C50H30N4OS/c1-4-16-31(17-5-1)45-49-46(38-25-13-15-27-43(38)56-49)52-50(51-45)54-40-26-14-12-23-35(40)37-28-29-39-44-36-24-11-10-22-34(36)41(30-42(44)55-48(39)47(37)54)53(32-18-6-2-7-19-32)33-20-8-3-9-21-33/h1-30H. The van der Waals surface area contributed by atoms with Gasteiger partial charge in [0, 0.05) is 60.0 Å². The predicted molar refractivity (Wildman–Crippen MR) is 234 cm³/mol. The molecule has 262 valence electrons. The Bertz CT molecular complexity index is 3440. The molecule has 56 heavy (non-hydrogen) atoms. The van der Waals surface area contributed by atoms with Gasteiger partial charge in [-0.2, -0.15) is 0 Å². The third-order valence-corrected chi connectivity index (χ3v) is 12.1. The van der Waals surface area contributed by atoms with Crippen molar-refractivity contribution in [3.05, 3.63) is 182 Å². The lowest BCUT2D eigenvalue weighted by Crippen LogP contribution is -2.10. The van der Waals surface area contributed by atoms with E-state index in [1.54, 1.807) is 11.3 Å². The molecule has 0 saturated carbocycles. The molecule has 5 nitrogen and oxygen atoms in total. The molecule has 4 heterocycles. The van der Waals surface area contributed by atoms with E-state index in [0.717, 1.165) is 98.4 Å². The zero-order valence-corrected chi connectivity index (χ0v) is 30.7. The molecule has 0 atom stereocenters. The van der Waals surface area contributed by atoms with Crippen LogP contribution in [0.1, 0.15) is 0 Å². The summed E-state index contributed by atoms with van der Waals surface area (Å²) in [5.41, 5.74) is 9.73. The molecule has 0 saturated heterocycles. The van der Waals surface area contributed by atoms with Gasteiger partial charge in [0.1, 0.15) is 11.1 Å². The van der Waals surface area contributed by atoms with E-state index in [2.05, 4.69) is 185 Å². The van der Waals surface area contributed by atoms with E-state index < -0.39 is 0 Å². The molecule has 8 aromatic carbocycles. The maximum Gasteiger partial charge on any atom is 0.236 e. The van der Waals surface area contributed by atoms with Gasteiger partial charge in [-0.05, 0) is 47.9 Å². The predicted octanol–water partition coefficient (Wildman–Crippen LogP) is 14.1. The van der Waals surface area contributed by atoms with Crippen LogP contribution in [0.4, 0.5) is 17.1 Å². The van der Waals surface area contributed by atoms with Gasteiger partial charge in [0.2, 0.25) is 5.95 Å². The summed E-state index contributed by atoms with van der Waals surface area (Å²) in [7, 11) is 0. The van der Waals surface area contributed by atoms with Crippen LogP contribution in [0.5, 0.6) is 0 Å². The Kier molecular flexibility index (Phi) is 6.73. The second-order valence-electron chi connectivity index (χ2n) is 14.1. The molecule has 12 rings (SSSR count). The van der Waals surface area contributed by atoms with E-state index in [9.17, 15) is 0 Å². The Morgan fingerprint density at radius 2 is 1.12 bits per heavy atom. The van der Waals surface area contributed by atoms with Crippen LogP contribution < -0.4 is 4.90 Å². The van der Waals surface area contributed by atoms with E-state index in [1.807, 2.05) is 6.07 Å². The summed E-state index contributed by atoms with van der Waals surface area (Å²) < 4.78 is 11.7. The fraction of sp³-hybridized carbons (Fsp3) is 0.